The first kappa shape index (κ1) is 75.3. The van der Waals surface area contributed by atoms with Crippen molar-refractivity contribution < 1.29 is 106 Å². The maximum atomic E-state index is 12.8. The van der Waals surface area contributed by atoms with Gasteiger partial charge in [0.1, 0.15) is 50.9 Å². The summed E-state index contributed by atoms with van der Waals surface area (Å²) in [5.41, 5.74) is -2.22. The Morgan fingerprint density at radius 1 is 0.538 bits per heavy atom. The summed E-state index contributed by atoms with van der Waals surface area (Å²) in [7, 11) is -12.2. The summed E-state index contributed by atoms with van der Waals surface area (Å²) in [6, 6.07) is 3.13. The molecule has 0 bridgehead atoms. The Morgan fingerprint density at radius 2 is 0.923 bits per heavy atom. The van der Waals surface area contributed by atoms with Gasteiger partial charge >= 0.3 is 41.9 Å². The number of aromatic nitrogens is 2. The first-order valence-electron chi connectivity index (χ1n) is 30.1. The van der Waals surface area contributed by atoms with Crippen molar-refractivity contribution in [3.05, 3.63) is 23.7 Å². The summed E-state index contributed by atoms with van der Waals surface area (Å²) in [6.07, 6.45) is 2.90. The van der Waals surface area contributed by atoms with Crippen LogP contribution >= 0.6 is 0 Å². The van der Waals surface area contributed by atoms with E-state index in [9.17, 15) is 72.0 Å². The number of esters is 2. The number of carbonyl (C=O) groups excluding carboxylic acids is 5. The minimum absolute atomic E-state index is 0.00785. The van der Waals surface area contributed by atoms with E-state index in [0.29, 0.717) is 75.7 Å². The van der Waals surface area contributed by atoms with Crippen LogP contribution in [0.5, 0.6) is 0 Å². The molecule has 9 rings (SSSR count). The fourth-order valence-corrected chi connectivity index (χ4v) is 16.5. The van der Waals surface area contributed by atoms with Gasteiger partial charge in [-0.3, -0.25) is 39.4 Å². The van der Waals surface area contributed by atoms with Crippen LogP contribution in [0.2, 0.25) is 0 Å². The Hall–Kier alpha value is -6.46. The Bertz CT molecular complexity index is 3310. The van der Waals surface area contributed by atoms with E-state index in [0.717, 1.165) is 38.4 Å². The molecule has 0 spiro atoms. The molecule has 0 aromatic carbocycles. The zero-order valence-corrected chi connectivity index (χ0v) is 56.0. The molecular weight excluding hydrogens is 1280 g/mol. The van der Waals surface area contributed by atoms with Gasteiger partial charge in [-0.1, -0.05) is 51.9 Å². The summed E-state index contributed by atoms with van der Waals surface area (Å²) in [6.45, 7) is 20.4. The van der Waals surface area contributed by atoms with Gasteiger partial charge in [-0.05, 0) is 76.7 Å². The largest absolute Gasteiger partial charge is 0.481 e. The van der Waals surface area contributed by atoms with E-state index in [1.54, 1.807) is 26.8 Å². The summed E-state index contributed by atoms with van der Waals surface area (Å²) in [4.78, 5) is 98.2. The third kappa shape index (κ3) is 23.0. The van der Waals surface area contributed by atoms with Crippen LogP contribution in [-0.4, -0.2) is 226 Å². The minimum Gasteiger partial charge on any atom is -0.481 e. The van der Waals surface area contributed by atoms with E-state index in [1.807, 2.05) is 41.5 Å². The molecule has 7 fully saturated rings. The second-order valence-corrected chi connectivity index (χ2v) is 35.2. The Kier molecular flexibility index (Phi) is 25.6. The van der Waals surface area contributed by atoms with Crippen molar-refractivity contribution in [1.29, 1.82) is 0 Å². The number of hydrogen-bond donors (Lipinski definition) is 6. The normalized spacial score (nSPS) is 22.6. The molecule has 31 nitrogen and oxygen atoms in total. The number of urea groups is 2. The maximum Gasteiger partial charge on any atom is 0.323 e. The number of amides is 5. The second-order valence-electron chi connectivity index (χ2n) is 26.0. The molecule has 0 saturated carbocycles. The molecule has 91 heavy (non-hydrogen) atoms. The topological polar surface area (TPSA) is 450 Å². The molecule has 7 saturated heterocycles. The van der Waals surface area contributed by atoms with Crippen molar-refractivity contribution in [1.82, 2.24) is 30.3 Å². The third-order valence-corrected chi connectivity index (χ3v) is 23.1. The average molecular weight is 1370 g/mol. The highest BCUT2D eigenvalue weighted by atomic mass is 32.2. The van der Waals surface area contributed by atoms with Crippen LogP contribution in [0.4, 0.5) is 21.2 Å². The van der Waals surface area contributed by atoms with E-state index in [-0.39, 0.29) is 112 Å². The van der Waals surface area contributed by atoms with Crippen LogP contribution in [0.25, 0.3) is 0 Å². The molecule has 35 heteroatoms. The van der Waals surface area contributed by atoms with E-state index in [4.69, 9.17) is 33.8 Å². The standard InChI is InChI=1S/C19H30N4O5S.C13H22N4O2.C11H16O6S.C7H10O6S.C6H10O4S/c1-19(2,3)15-13-16(21-28-15)20-18(25)23-8-4-7-22(9-10-23)17(24)14-5-11-29(26,27)12-6-14;1-13(2,3)10-9-11(16-19-10)15-12(18)17-7-4-5-14-6-8-17;1-11(2)16-9(12)8(10(13)17-11)7-3-5-18(14,15)6-4-7;8-5(9)7(6(10)11)1-3-14(12,13)4-2-7;7-6(8)5-1-3-11(9,10)4-2-5/h13-14H,4-12H2,1-3H3,(H,20,21,25);9,14H,4-8H2,1-3H3,(H,15,16,18);7-8H,3-6H2,1-2H3;1-4H2,(H,8,9)(H,10,11);5H,1-4H2,(H,7,8). The van der Waals surface area contributed by atoms with Gasteiger partial charge in [-0.15, -0.1) is 0 Å². The van der Waals surface area contributed by atoms with Crippen molar-refractivity contribution >= 4 is 98.8 Å². The molecule has 7 aliphatic heterocycles. The average Bonchev–Trinajstić information content (AvgIpc) is 1.69. The summed E-state index contributed by atoms with van der Waals surface area (Å²) in [5.74, 6) is -6.37. The van der Waals surface area contributed by atoms with Gasteiger partial charge in [-0.2, -0.15) is 0 Å². The molecule has 0 aliphatic carbocycles. The van der Waals surface area contributed by atoms with Crippen molar-refractivity contribution in [3.8, 4) is 0 Å². The molecule has 2 aromatic heterocycles. The summed E-state index contributed by atoms with van der Waals surface area (Å²) >= 11 is 0. The molecule has 2 aromatic rings. The molecule has 0 radical (unpaired) electrons. The number of ether oxygens (including phenoxy) is 2. The van der Waals surface area contributed by atoms with Gasteiger partial charge in [-0.25, -0.2) is 43.3 Å². The first-order valence-corrected chi connectivity index (χ1v) is 37.3. The monoisotopic (exact) mass is 1370 g/mol. The number of rotatable bonds is 7. The predicted octanol–water partition coefficient (Wildman–Crippen LogP) is 3.17. The number of anilines is 2. The minimum atomic E-state index is -3.25. The van der Waals surface area contributed by atoms with Crippen LogP contribution in [0.15, 0.2) is 21.2 Å². The number of nitrogens with zero attached hydrogens (tertiary/aromatic N) is 5. The van der Waals surface area contributed by atoms with E-state index < -0.39 is 92.2 Å². The fourth-order valence-electron chi connectivity index (χ4n) is 10.4. The maximum absolute atomic E-state index is 12.8. The number of carbonyl (C=O) groups is 8. The quantitative estimate of drug-likeness (QED) is 0.171. The lowest BCUT2D eigenvalue weighted by Crippen LogP contribution is -2.49. The lowest BCUT2D eigenvalue weighted by molar-refractivity contribution is -0.243. The third-order valence-electron chi connectivity index (χ3n) is 16.3. The van der Waals surface area contributed by atoms with Crippen molar-refractivity contribution in [3.63, 3.8) is 0 Å². The van der Waals surface area contributed by atoms with Gasteiger partial charge in [0.05, 0.1) is 51.9 Å². The number of carboxylic acids is 3. The zero-order chi connectivity index (χ0) is 68.1. The molecule has 9 heterocycles. The molecular formula is C56H88N8O23S4. The highest BCUT2D eigenvalue weighted by Crippen LogP contribution is 2.35. The van der Waals surface area contributed by atoms with Gasteiger partial charge in [0.25, 0.3) is 5.79 Å². The van der Waals surface area contributed by atoms with Crippen molar-refractivity contribution in [2.45, 2.75) is 136 Å². The Labute approximate surface area is 530 Å². The number of aliphatic carboxylic acids is 3. The SMILES string of the molecule is CC(C)(C)c1cc(NC(=O)N2CCCN(C(=O)C3CCS(=O)(=O)CC3)CC2)no1.CC(C)(C)c1cc(NC(=O)N2CCCNCC2)no1.CC1(C)OC(=O)C(C2CCS(=O)(=O)CC2)C(=O)O1.O=C(O)C1(C(=O)O)CCS(=O)(=O)CC1.O=C(O)C1CCS(=O)(=O)CC1. The Balaban J connectivity index is 0.000000215. The van der Waals surface area contributed by atoms with E-state index in [1.165, 1.54) is 13.8 Å². The lowest BCUT2D eigenvalue weighted by Gasteiger charge is -2.36. The molecule has 7 aliphatic rings. The highest BCUT2D eigenvalue weighted by molar-refractivity contribution is 7.92. The number of nitrogens with one attached hydrogen (secondary N) is 3. The molecule has 6 N–H and O–H groups in total. The predicted molar refractivity (Wildman–Crippen MR) is 327 cm³/mol. The van der Waals surface area contributed by atoms with Crippen LogP contribution < -0.4 is 16.0 Å². The van der Waals surface area contributed by atoms with Crippen LogP contribution in [0, 0.1) is 29.1 Å². The molecule has 514 valence electrons. The highest BCUT2D eigenvalue weighted by Gasteiger charge is 2.51. The zero-order valence-electron chi connectivity index (χ0n) is 52.7. The fraction of sp³-hybridized carbons (Fsp3) is 0.750. The van der Waals surface area contributed by atoms with Crippen LogP contribution in [0.1, 0.15) is 131 Å². The van der Waals surface area contributed by atoms with E-state index in [2.05, 4.69) is 26.3 Å². The van der Waals surface area contributed by atoms with Crippen molar-refractivity contribution in [2.24, 2.45) is 29.1 Å². The Morgan fingerprint density at radius 3 is 1.34 bits per heavy atom. The molecule has 0 atom stereocenters. The number of carboxylic acid groups (broad SMARTS) is 3. The number of cyclic esters (lactones) is 2. The van der Waals surface area contributed by atoms with Gasteiger partial charge in [0, 0.05) is 88.5 Å². The number of hydrogen-bond acceptors (Lipinski definition) is 23. The van der Waals surface area contributed by atoms with E-state index >= 15 is 0 Å². The number of sulfone groups is 4. The van der Waals surface area contributed by atoms with Crippen molar-refractivity contribution in [2.75, 3.05) is 109 Å². The smallest absolute Gasteiger partial charge is 0.323 e. The van der Waals surface area contributed by atoms with Gasteiger partial charge < -0.3 is 53.9 Å². The summed E-state index contributed by atoms with van der Waals surface area (Å²) < 4.78 is 110. The second kappa shape index (κ2) is 31.0. The van der Waals surface area contributed by atoms with Gasteiger partial charge in [0.15, 0.2) is 23.0 Å². The summed E-state index contributed by atoms with van der Waals surface area (Å²) in [5, 5.41) is 42.6. The lowest BCUT2D eigenvalue weighted by atomic mass is 9.82. The molecule has 5 amide bonds. The first-order chi connectivity index (χ1) is 42.0. The van der Waals surface area contributed by atoms with Gasteiger partial charge in [0.2, 0.25) is 5.91 Å². The van der Waals surface area contributed by atoms with Crippen LogP contribution in [-0.2, 0) is 88.4 Å². The van der Waals surface area contributed by atoms with Crippen LogP contribution in [0.3, 0.4) is 0 Å². The molecule has 0 unspecified atom stereocenters.